The quantitative estimate of drug-likeness (QED) is 0.569. The first-order valence-electron chi connectivity index (χ1n) is 6.01. The van der Waals surface area contributed by atoms with Gasteiger partial charge in [0, 0.05) is 17.7 Å². The molecular formula is C14H16N2O4. The van der Waals surface area contributed by atoms with Gasteiger partial charge in [0.2, 0.25) is 0 Å². The van der Waals surface area contributed by atoms with Crippen molar-refractivity contribution in [3.8, 4) is 0 Å². The topological polar surface area (TPSA) is 95.5 Å². The maximum absolute atomic E-state index is 11.7. The Morgan fingerprint density at radius 2 is 1.65 bits per heavy atom. The molecule has 0 atom stereocenters. The van der Waals surface area contributed by atoms with Crippen LogP contribution < -0.4 is 10.9 Å². The van der Waals surface area contributed by atoms with Crippen LogP contribution in [0.5, 0.6) is 0 Å². The predicted octanol–water partition coefficient (Wildman–Crippen LogP) is 1.21. The normalized spacial score (nSPS) is 10.6. The molecule has 106 valence electrons. The molecule has 0 aromatic heterocycles. The number of carboxylic acid groups (broad SMARTS) is 1. The lowest BCUT2D eigenvalue weighted by Crippen LogP contribution is -2.40. The number of hydrazine groups is 1. The van der Waals surface area contributed by atoms with Gasteiger partial charge in [-0.2, -0.15) is 0 Å². The van der Waals surface area contributed by atoms with E-state index in [1.54, 1.807) is 12.1 Å². The summed E-state index contributed by atoms with van der Waals surface area (Å²) in [7, 11) is 0. The molecular weight excluding hydrogens is 260 g/mol. The first kappa shape index (κ1) is 15.4. The zero-order valence-corrected chi connectivity index (χ0v) is 11.2. The summed E-state index contributed by atoms with van der Waals surface area (Å²) in [6.07, 6.45) is 1.49. The van der Waals surface area contributed by atoms with Crippen molar-refractivity contribution >= 4 is 17.8 Å². The highest BCUT2D eigenvalue weighted by molar-refractivity contribution is 5.98. The smallest absolute Gasteiger partial charge is 0.328 e. The van der Waals surface area contributed by atoms with Gasteiger partial charge in [-0.3, -0.25) is 20.4 Å². The zero-order chi connectivity index (χ0) is 15.1. The molecule has 0 spiro atoms. The standard InChI is InChI=1S/C14H16N2O4/c1-9(2)10-3-5-11(6-4-10)14(20)16-15-12(17)7-8-13(18)19/h3-9H,1-2H3,(H,15,17)(H,16,20)(H,18,19). The highest BCUT2D eigenvalue weighted by Gasteiger charge is 2.07. The van der Waals surface area contributed by atoms with E-state index in [-0.39, 0.29) is 0 Å². The average Bonchev–Trinajstić information content (AvgIpc) is 2.42. The fraction of sp³-hybridized carbons (Fsp3) is 0.214. The van der Waals surface area contributed by atoms with Gasteiger partial charge in [0.05, 0.1) is 0 Å². The highest BCUT2D eigenvalue weighted by Crippen LogP contribution is 2.14. The Labute approximate surface area is 116 Å². The third-order valence-electron chi connectivity index (χ3n) is 2.52. The van der Waals surface area contributed by atoms with Crippen molar-refractivity contribution < 1.29 is 19.5 Å². The summed E-state index contributed by atoms with van der Waals surface area (Å²) in [6, 6.07) is 6.99. The monoisotopic (exact) mass is 276 g/mol. The molecule has 0 unspecified atom stereocenters. The van der Waals surface area contributed by atoms with Crippen LogP contribution in [0.25, 0.3) is 0 Å². The van der Waals surface area contributed by atoms with Crippen molar-refractivity contribution in [3.05, 3.63) is 47.5 Å². The molecule has 6 nitrogen and oxygen atoms in total. The van der Waals surface area contributed by atoms with Gasteiger partial charge in [-0.05, 0) is 23.6 Å². The van der Waals surface area contributed by atoms with E-state index in [2.05, 4.69) is 10.9 Å². The second-order valence-corrected chi connectivity index (χ2v) is 4.39. The molecule has 20 heavy (non-hydrogen) atoms. The van der Waals surface area contributed by atoms with E-state index in [1.165, 1.54) is 0 Å². The van der Waals surface area contributed by atoms with Crippen molar-refractivity contribution in [2.75, 3.05) is 0 Å². The number of carbonyl (C=O) groups is 3. The lowest BCUT2D eigenvalue weighted by atomic mass is 10.0. The Bertz CT molecular complexity index is 533. The van der Waals surface area contributed by atoms with Gasteiger partial charge < -0.3 is 5.11 Å². The lowest BCUT2D eigenvalue weighted by Gasteiger charge is -2.08. The molecule has 6 heteroatoms. The molecule has 0 aliphatic carbocycles. The molecule has 0 bridgehead atoms. The van der Waals surface area contributed by atoms with E-state index in [0.717, 1.165) is 11.6 Å². The summed E-state index contributed by atoms with van der Waals surface area (Å²) >= 11 is 0. The van der Waals surface area contributed by atoms with E-state index >= 15 is 0 Å². The van der Waals surface area contributed by atoms with E-state index in [4.69, 9.17) is 5.11 Å². The Morgan fingerprint density at radius 3 is 2.15 bits per heavy atom. The van der Waals surface area contributed by atoms with Gasteiger partial charge in [0.15, 0.2) is 0 Å². The molecule has 0 aliphatic rings. The Kier molecular flexibility index (Phi) is 5.46. The Balaban J connectivity index is 2.55. The predicted molar refractivity (Wildman–Crippen MR) is 72.9 cm³/mol. The molecule has 2 amide bonds. The number of carbonyl (C=O) groups excluding carboxylic acids is 2. The van der Waals surface area contributed by atoms with Gasteiger partial charge >= 0.3 is 5.97 Å². The molecule has 1 rings (SSSR count). The van der Waals surface area contributed by atoms with Crippen LogP contribution in [0.3, 0.4) is 0 Å². The van der Waals surface area contributed by atoms with Crippen LogP contribution in [0.2, 0.25) is 0 Å². The maximum atomic E-state index is 11.7. The second-order valence-electron chi connectivity index (χ2n) is 4.39. The molecule has 1 aromatic carbocycles. The summed E-state index contributed by atoms with van der Waals surface area (Å²) in [5.41, 5.74) is 5.78. The number of hydrogen-bond acceptors (Lipinski definition) is 3. The minimum atomic E-state index is -1.24. The third-order valence-corrected chi connectivity index (χ3v) is 2.52. The summed E-state index contributed by atoms with van der Waals surface area (Å²) < 4.78 is 0. The SMILES string of the molecule is CC(C)c1ccc(C(=O)NNC(=O)C=CC(=O)O)cc1. The first-order valence-corrected chi connectivity index (χ1v) is 6.01. The Morgan fingerprint density at radius 1 is 1.05 bits per heavy atom. The van der Waals surface area contributed by atoms with E-state index in [0.29, 0.717) is 17.6 Å². The molecule has 0 radical (unpaired) electrons. The number of amides is 2. The van der Waals surface area contributed by atoms with E-state index < -0.39 is 17.8 Å². The number of carboxylic acids is 1. The number of benzene rings is 1. The van der Waals surface area contributed by atoms with Crippen LogP contribution in [-0.2, 0) is 9.59 Å². The van der Waals surface area contributed by atoms with Crippen molar-refractivity contribution in [2.45, 2.75) is 19.8 Å². The van der Waals surface area contributed by atoms with Gasteiger partial charge in [0.1, 0.15) is 0 Å². The third kappa shape index (κ3) is 4.93. The molecule has 3 N–H and O–H groups in total. The average molecular weight is 276 g/mol. The first-order chi connectivity index (χ1) is 9.40. The van der Waals surface area contributed by atoms with Crippen molar-refractivity contribution in [2.24, 2.45) is 0 Å². The fourth-order valence-corrected chi connectivity index (χ4v) is 1.40. The van der Waals surface area contributed by atoms with Crippen LogP contribution in [0, 0.1) is 0 Å². The molecule has 0 heterocycles. The minimum absolute atomic E-state index is 0.368. The van der Waals surface area contributed by atoms with E-state index in [1.807, 2.05) is 26.0 Å². The molecule has 0 saturated carbocycles. The van der Waals surface area contributed by atoms with Crippen LogP contribution >= 0.6 is 0 Å². The van der Waals surface area contributed by atoms with Crippen molar-refractivity contribution in [1.82, 2.24) is 10.9 Å². The largest absolute Gasteiger partial charge is 0.478 e. The van der Waals surface area contributed by atoms with Crippen LogP contribution in [-0.4, -0.2) is 22.9 Å². The van der Waals surface area contributed by atoms with Gasteiger partial charge in [-0.15, -0.1) is 0 Å². The van der Waals surface area contributed by atoms with Crippen molar-refractivity contribution in [1.29, 1.82) is 0 Å². The second kappa shape index (κ2) is 7.08. The summed E-state index contributed by atoms with van der Waals surface area (Å²) in [5, 5.41) is 8.33. The minimum Gasteiger partial charge on any atom is -0.478 e. The maximum Gasteiger partial charge on any atom is 0.328 e. The number of hydrogen-bond donors (Lipinski definition) is 3. The lowest BCUT2D eigenvalue weighted by molar-refractivity contribution is -0.131. The fourth-order valence-electron chi connectivity index (χ4n) is 1.40. The van der Waals surface area contributed by atoms with Crippen LogP contribution in [0.4, 0.5) is 0 Å². The summed E-state index contributed by atoms with van der Waals surface area (Å²) in [5.74, 6) is -2.07. The Hall–Kier alpha value is -2.63. The summed E-state index contributed by atoms with van der Waals surface area (Å²) in [4.78, 5) is 33.0. The van der Waals surface area contributed by atoms with Crippen molar-refractivity contribution in [3.63, 3.8) is 0 Å². The zero-order valence-electron chi connectivity index (χ0n) is 11.2. The number of rotatable bonds is 4. The van der Waals surface area contributed by atoms with Gasteiger partial charge in [-0.1, -0.05) is 26.0 Å². The highest BCUT2D eigenvalue weighted by atomic mass is 16.4. The molecule has 0 saturated heterocycles. The molecule has 0 aliphatic heterocycles. The van der Waals surface area contributed by atoms with E-state index in [9.17, 15) is 14.4 Å². The molecule has 0 fully saturated rings. The van der Waals surface area contributed by atoms with Gasteiger partial charge in [0.25, 0.3) is 11.8 Å². The van der Waals surface area contributed by atoms with Crippen LogP contribution in [0.15, 0.2) is 36.4 Å². The summed E-state index contributed by atoms with van der Waals surface area (Å²) in [6.45, 7) is 4.09. The van der Waals surface area contributed by atoms with Crippen LogP contribution in [0.1, 0.15) is 35.7 Å². The molecule has 1 aromatic rings. The number of nitrogens with one attached hydrogen (secondary N) is 2. The number of aliphatic carboxylic acids is 1. The van der Waals surface area contributed by atoms with Gasteiger partial charge in [-0.25, -0.2) is 4.79 Å².